The van der Waals surface area contributed by atoms with Crippen LogP contribution in [0, 0.1) is 6.92 Å². The molecule has 0 spiro atoms. The van der Waals surface area contributed by atoms with Gasteiger partial charge in [-0.15, -0.1) is 11.3 Å². The fourth-order valence-corrected chi connectivity index (χ4v) is 4.45. The highest BCUT2D eigenvalue weighted by atomic mass is 32.1. The molecule has 0 atom stereocenters. The van der Waals surface area contributed by atoms with Crippen LogP contribution in [0.4, 0.5) is 0 Å². The first kappa shape index (κ1) is 17.5. The Bertz CT molecular complexity index is 1090. The molecule has 0 bridgehead atoms. The van der Waals surface area contributed by atoms with Gasteiger partial charge in [-0.25, -0.2) is 4.79 Å². The SMILES string of the molecule is COC(=O)c1ccc2sc(C)c(Cc3ccc(-c4ccccc4)cc3)c2c1. The summed E-state index contributed by atoms with van der Waals surface area (Å²) in [5, 5.41) is 1.15. The number of thiophene rings is 1. The lowest BCUT2D eigenvalue weighted by Gasteiger charge is -2.06. The molecule has 0 aliphatic rings. The number of hydrogen-bond acceptors (Lipinski definition) is 3. The van der Waals surface area contributed by atoms with Gasteiger partial charge in [0, 0.05) is 9.58 Å². The van der Waals surface area contributed by atoms with E-state index in [1.807, 2.05) is 24.3 Å². The molecule has 2 nitrogen and oxygen atoms in total. The van der Waals surface area contributed by atoms with Crippen LogP contribution in [0.2, 0.25) is 0 Å². The predicted molar refractivity (Wildman–Crippen MR) is 113 cm³/mol. The van der Waals surface area contributed by atoms with Gasteiger partial charge in [-0.2, -0.15) is 0 Å². The van der Waals surface area contributed by atoms with Crippen LogP contribution in [0.25, 0.3) is 21.2 Å². The van der Waals surface area contributed by atoms with Crippen LogP contribution in [0.15, 0.2) is 72.8 Å². The summed E-state index contributed by atoms with van der Waals surface area (Å²) in [7, 11) is 1.42. The molecule has 0 fully saturated rings. The summed E-state index contributed by atoms with van der Waals surface area (Å²) in [6, 6.07) is 24.9. The van der Waals surface area contributed by atoms with Crippen LogP contribution in [0.3, 0.4) is 0 Å². The minimum Gasteiger partial charge on any atom is -0.465 e. The van der Waals surface area contributed by atoms with E-state index in [1.165, 1.54) is 38.9 Å². The Balaban J connectivity index is 1.66. The second-order valence-corrected chi connectivity index (χ2v) is 7.84. The van der Waals surface area contributed by atoms with Crippen molar-refractivity contribution in [3.05, 3.63) is 94.4 Å². The van der Waals surface area contributed by atoms with Crippen molar-refractivity contribution in [3.63, 3.8) is 0 Å². The first-order chi connectivity index (χ1) is 13.2. The summed E-state index contributed by atoms with van der Waals surface area (Å²) in [6.07, 6.45) is 0.853. The van der Waals surface area contributed by atoms with Gasteiger partial charge in [0.05, 0.1) is 12.7 Å². The summed E-state index contributed by atoms with van der Waals surface area (Å²) in [6.45, 7) is 2.15. The second-order valence-electron chi connectivity index (χ2n) is 6.58. The van der Waals surface area contributed by atoms with Gasteiger partial charge in [-0.1, -0.05) is 54.6 Å². The van der Waals surface area contributed by atoms with E-state index in [1.54, 1.807) is 11.3 Å². The van der Waals surface area contributed by atoms with Crippen LogP contribution < -0.4 is 0 Å². The molecule has 0 radical (unpaired) electrons. The summed E-state index contributed by atoms with van der Waals surface area (Å²) in [5.74, 6) is -0.293. The maximum Gasteiger partial charge on any atom is 0.337 e. The first-order valence-electron chi connectivity index (χ1n) is 8.90. The predicted octanol–water partition coefficient (Wildman–Crippen LogP) is 6.25. The molecule has 27 heavy (non-hydrogen) atoms. The molecule has 4 rings (SSSR count). The molecule has 0 saturated heterocycles. The molecule has 134 valence electrons. The van der Waals surface area contributed by atoms with E-state index in [9.17, 15) is 4.79 Å². The van der Waals surface area contributed by atoms with E-state index >= 15 is 0 Å². The van der Waals surface area contributed by atoms with Gasteiger partial charge in [0.25, 0.3) is 0 Å². The van der Waals surface area contributed by atoms with Crippen LogP contribution >= 0.6 is 11.3 Å². The van der Waals surface area contributed by atoms with E-state index in [2.05, 4.69) is 55.5 Å². The minimum atomic E-state index is -0.293. The van der Waals surface area contributed by atoms with Crippen molar-refractivity contribution in [2.24, 2.45) is 0 Å². The monoisotopic (exact) mass is 372 g/mol. The van der Waals surface area contributed by atoms with E-state index in [-0.39, 0.29) is 5.97 Å². The highest BCUT2D eigenvalue weighted by Gasteiger charge is 2.13. The minimum absolute atomic E-state index is 0.293. The third-order valence-corrected chi connectivity index (χ3v) is 5.98. The van der Waals surface area contributed by atoms with Crippen molar-refractivity contribution in [1.82, 2.24) is 0 Å². The van der Waals surface area contributed by atoms with E-state index in [0.29, 0.717) is 5.56 Å². The van der Waals surface area contributed by atoms with Crippen LogP contribution in [-0.2, 0) is 11.2 Å². The Morgan fingerprint density at radius 1 is 0.926 bits per heavy atom. The number of methoxy groups -OCH3 is 1. The summed E-state index contributed by atoms with van der Waals surface area (Å²) >= 11 is 1.77. The average Bonchev–Trinajstić information content (AvgIpc) is 3.03. The summed E-state index contributed by atoms with van der Waals surface area (Å²) in [4.78, 5) is 13.2. The number of rotatable bonds is 4. The number of ether oxygens (including phenoxy) is 1. The Kier molecular flexibility index (Phi) is 4.78. The summed E-state index contributed by atoms with van der Waals surface area (Å²) < 4.78 is 6.07. The molecule has 0 N–H and O–H groups in total. The fraction of sp³-hybridized carbons (Fsp3) is 0.125. The number of benzene rings is 3. The van der Waals surface area contributed by atoms with Crippen LogP contribution in [0.5, 0.6) is 0 Å². The third kappa shape index (κ3) is 3.51. The van der Waals surface area contributed by atoms with Gasteiger partial charge in [0.15, 0.2) is 0 Å². The summed E-state index contributed by atoms with van der Waals surface area (Å²) in [5.41, 5.74) is 5.60. The molecule has 3 heteroatoms. The van der Waals surface area contributed by atoms with E-state index in [4.69, 9.17) is 4.74 Å². The van der Waals surface area contributed by atoms with Gasteiger partial charge in [-0.05, 0) is 59.2 Å². The molecule has 1 heterocycles. The van der Waals surface area contributed by atoms with E-state index in [0.717, 1.165) is 11.8 Å². The Morgan fingerprint density at radius 2 is 1.63 bits per heavy atom. The zero-order valence-electron chi connectivity index (χ0n) is 15.4. The van der Waals surface area contributed by atoms with Crippen molar-refractivity contribution < 1.29 is 9.53 Å². The molecular formula is C24H20O2S. The number of carbonyl (C=O) groups is 1. The Hall–Kier alpha value is -2.91. The number of hydrogen-bond donors (Lipinski definition) is 0. The highest BCUT2D eigenvalue weighted by molar-refractivity contribution is 7.19. The molecule has 0 saturated carbocycles. The van der Waals surface area contributed by atoms with Gasteiger partial charge in [0.2, 0.25) is 0 Å². The van der Waals surface area contributed by atoms with Crippen LogP contribution in [0.1, 0.15) is 26.4 Å². The quantitative estimate of drug-likeness (QED) is 0.396. The maximum absolute atomic E-state index is 11.9. The second kappa shape index (κ2) is 7.37. The molecular weight excluding hydrogens is 352 g/mol. The first-order valence-corrected chi connectivity index (χ1v) is 9.72. The molecule has 4 aromatic rings. The normalized spacial score (nSPS) is 10.9. The van der Waals surface area contributed by atoms with Crippen molar-refractivity contribution in [2.75, 3.05) is 7.11 Å². The fourth-order valence-electron chi connectivity index (χ4n) is 3.39. The van der Waals surface area contributed by atoms with Gasteiger partial charge in [-0.3, -0.25) is 0 Å². The molecule has 3 aromatic carbocycles. The lowest BCUT2D eigenvalue weighted by molar-refractivity contribution is 0.0601. The largest absolute Gasteiger partial charge is 0.465 e. The standard InChI is InChI=1S/C24H20O2S/c1-16-21(22-15-20(24(25)26-2)12-13-23(22)27-16)14-17-8-10-19(11-9-17)18-6-4-3-5-7-18/h3-13,15H,14H2,1-2H3. The van der Waals surface area contributed by atoms with E-state index < -0.39 is 0 Å². The van der Waals surface area contributed by atoms with Crippen molar-refractivity contribution in [1.29, 1.82) is 0 Å². The number of aryl methyl sites for hydroxylation is 1. The highest BCUT2D eigenvalue weighted by Crippen LogP contribution is 2.33. The maximum atomic E-state index is 11.9. The van der Waals surface area contributed by atoms with Crippen LogP contribution in [-0.4, -0.2) is 13.1 Å². The van der Waals surface area contributed by atoms with Crippen molar-refractivity contribution in [3.8, 4) is 11.1 Å². The molecule has 1 aromatic heterocycles. The molecule has 0 unspecified atom stereocenters. The van der Waals surface area contributed by atoms with Crippen molar-refractivity contribution in [2.45, 2.75) is 13.3 Å². The number of esters is 1. The zero-order chi connectivity index (χ0) is 18.8. The molecule has 0 amide bonds. The molecule has 0 aliphatic heterocycles. The van der Waals surface area contributed by atoms with Crippen molar-refractivity contribution >= 4 is 27.4 Å². The van der Waals surface area contributed by atoms with Gasteiger partial charge < -0.3 is 4.74 Å². The molecule has 0 aliphatic carbocycles. The smallest absolute Gasteiger partial charge is 0.337 e. The van der Waals surface area contributed by atoms with Gasteiger partial charge >= 0.3 is 5.97 Å². The lowest BCUT2D eigenvalue weighted by Crippen LogP contribution is -2.00. The topological polar surface area (TPSA) is 26.3 Å². The zero-order valence-corrected chi connectivity index (χ0v) is 16.2. The lowest BCUT2D eigenvalue weighted by atomic mass is 9.98. The average molecular weight is 372 g/mol. The Labute approximate surface area is 163 Å². The number of fused-ring (bicyclic) bond motifs is 1. The number of carbonyl (C=O) groups excluding carboxylic acids is 1. The van der Waals surface area contributed by atoms with Gasteiger partial charge in [0.1, 0.15) is 0 Å². The Morgan fingerprint density at radius 3 is 2.33 bits per heavy atom. The third-order valence-electron chi connectivity index (χ3n) is 4.86.